The van der Waals surface area contributed by atoms with Gasteiger partial charge in [0.2, 0.25) is 0 Å². The van der Waals surface area contributed by atoms with Gasteiger partial charge < -0.3 is 9.88 Å². The molecule has 94 valence electrons. The Morgan fingerprint density at radius 2 is 2.22 bits per heavy atom. The Morgan fingerprint density at radius 3 is 2.83 bits per heavy atom. The summed E-state index contributed by atoms with van der Waals surface area (Å²) < 4.78 is 2.89. The van der Waals surface area contributed by atoms with E-state index in [0.29, 0.717) is 17.1 Å². The number of hydrogen-bond acceptors (Lipinski definition) is 1. The maximum atomic E-state index is 11.9. The van der Waals surface area contributed by atoms with Crippen LogP contribution in [0.4, 0.5) is 0 Å². The van der Waals surface area contributed by atoms with Crippen LogP contribution in [0.5, 0.6) is 0 Å². The van der Waals surface area contributed by atoms with Crippen molar-refractivity contribution in [3.05, 3.63) is 56.4 Å². The zero-order chi connectivity index (χ0) is 13.1. The number of nitrogens with zero attached hydrogens (tertiary/aromatic N) is 1. The Hall–Kier alpha value is -1.01. The molecule has 1 aromatic heterocycles. The fourth-order valence-corrected chi connectivity index (χ4v) is 2.10. The highest BCUT2D eigenvalue weighted by molar-refractivity contribution is 14.1. The van der Waals surface area contributed by atoms with E-state index in [4.69, 9.17) is 11.6 Å². The van der Waals surface area contributed by atoms with E-state index in [9.17, 15) is 4.79 Å². The second-order valence-corrected chi connectivity index (χ2v) is 5.57. The minimum Gasteiger partial charge on any atom is -0.357 e. The third-order valence-electron chi connectivity index (χ3n) is 2.53. The van der Waals surface area contributed by atoms with Crippen LogP contribution in [0.25, 0.3) is 0 Å². The van der Waals surface area contributed by atoms with Crippen molar-refractivity contribution in [2.75, 3.05) is 0 Å². The third kappa shape index (κ3) is 3.26. The molecule has 0 fully saturated rings. The zero-order valence-electron chi connectivity index (χ0n) is 9.78. The van der Waals surface area contributed by atoms with Gasteiger partial charge in [0.25, 0.3) is 5.91 Å². The largest absolute Gasteiger partial charge is 0.357 e. The van der Waals surface area contributed by atoms with E-state index in [1.54, 1.807) is 12.1 Å². The molecule has 1 amide bonds. The van der Waals surface area contributed by atoms with Crippen molar-refractivity contribution < 1.29 is 4.79 Å². The number of carbonyl (C=O) groups is 1. The minimum atomic E-state index is -0.114. The molecule has 0 bridgehead atoms. The average Bonchev–Trinajstić information content (AvgIpc) is 2.75. The predicted octanol–water partition coefficient (Wildman–Crippen LogP) is 3.21. The highest BCUT2D eigenvalue weighted by Gasteiger charge is 2.07. The van der Waals surface area contributed by atoms with Gasteiger partial charge in [-0.1, -0.05) is 11.6 Å². The zero-order valence-corrected chi connectivity index (χ0v) is 12.7. The van der Waals surface area contributed by atoms with Crippen molar-refractivity contribution in [1.29, 1.82) is 0 Å². The molecule has 2 aromatic rings. The fraction of sp³-hybridized carbons (Fsp3) is 0.154. The molecule has 0 aliphatic heterocycles. The standard InChI is InChI=1S/C13H12ClIN2O/c1-17-5-4-9(8-17)7-16-13(18)10-2-3-12(15)11(14)6-10/h2-6,8H,7H2,1H3,(H,16,18). The monoisotopic (exact) mass is 374 g/mol. The number of hydrogen-bond donors (Lipinski definition) is 1. The van der Waals surface area contributed by atoms with Crippen molar-refractivity contribution in [2.45, 2.75) is 6.54 Å². The van der Waals surface area contributed by atoms with Crippen LogP contribution in [0.1, 0.15) is 15.9 Å². The molecule has 0 radical (unpaired) electrons. The smallest absolute Gasteiger partial charge is 0.251 e. The van der Waals surface area contributed by atoms with Crippen molar-refractivity contribution in [1.82, 2.24) is 9.88 Å². The lowest BCUT2D eigenvalue weighted by Crippen LogP contribution is -2.22. The van der Waals surface area contributed by atoms with Crippen LogP contribution in [0.3, 0.4) is 0 Å². The van der Waals surface area contributed by atoms with Gasteiger partial charge in [0.1, 0.15) is 0 Å². The SMILES string of the molecule is Cn1ccc(CNC(=O)c2ccc(I)c(Cl)c2)c1. The molecule has 0 atom stereocenters. The van der Waals surface area contributed by atoms with Gasteiger partial charge in [0, 0.05) is 35.1 Å². The summed E-state index contributed by atoms with van der Waals surface area (Å²) in [5, 5.41) is 3.46. The van der Waals surface area contributed by atoms with Gasteiger partial charge in [0.05, 0.1) is 5.02 Å². The van der Waals surface area contributed by atoms with Crippen molar-refractivity contribution >= 4 is 40.1 Å². The van der Waals surface area contributed by atoms with E-state index in [2.05, 4.69) is 27.9 Å². The van der Waals surface area contributed by atoms with E-state index in [1.165, 1.54) is 0 Å². The second kappa shape index (κ2) is 5.75. The van der Waals surface area contributed by atoms with Gasteiger partial charge in [-0.2, -0.15) is 0 Å². The summed E-state index contributed by atoms with van der Waals surface area (Å²) in [4.78, 5) is 11.9. The van der Waals surface area contributed by atoms with Crippen molar-refractivity contribution in [3.8, 4) is 0 Å². The number of benzene rings is 1. The van der Waals surface area contributed by atoms with Crippen LogP contribution in [0.15, 0.2) is 36.7 Å². The minimum absolute atomic E-state index is 0.114. The number of aromatic nitrogens is 1. The molecular formula is C13H12ClIN2O. The fourth-order valence-electron chi connectivity index (χ4n) is 1.59. The van der Waals surface area contributed by atoms with Crippen LogP contribution in [-0.2, 0) is 13.6 Å². The van der Waals surface area contributed by atoms with Crippen LogP contribution in [-0.4, -0.2) is 10.5 Å². The summed E-state index contributed by atoms with van der Waals surface area (Å²) in [5.74, 6) is -0.114. The number of carbonyl (C=O) groups excluding carboxylic acids is 1. The number of nitrogens with one attached hydrogen (secondary N) is 1. The molecule has 3 nitrogen and oxygen atoms in total. The molecule has 0 unspecified atom stereocenters. The summed E-state index contributed by atoms with van der Waals surface area (Å²) in [6.45, 7) is 0.517. The maximum Gasteiger partial charge on any atom is 0.251 e. The lowest BCUT2D eigenvalue weighted by molar-refractivity contribution is 0.0951. The Kier molecular flexibility index (Phi) is 4.29. The number of amides is 1. The van der Waals surface area contributed by atoms with E-state index >= 15 is 0 Å². The molecule has 0 saturated carbocycles. The maximum absolute atomic E-state index is 11.9. The summed E-state index contributed by atoms with van der Waals surface area (Å²) in [6.07, 6.45) is 3.92. The van der Waals surface area contributed by atoms with Gasteiger partial charge in [-0.05, 0) is 52.4 Å². The first-order valence-electron chi connectivity index (χ1n) is 5.40. The summed E-state index contributed by atoms with van der Waals surface area (Å²) in [7, 11) is 1.95. The molecular weight excluding hydrogens is 363 g/mol. The van der Waals surface area contributed by atoms with Crippen LogP contribution < -0.4 is 5.32 Å². The normalized spacial score (nSPS) is 10.4. The van der Waals surface area contributed by atoms with E-state index < -0.39 is 0 Å². The highest BCUT2D eigenvalue weighted by Crippen LogP contribution is 2.19. The highest BCUT2D eigenvalue weighted by atomic mass is 127. The van der Waals surface area contributed by atoms with Gasteiger partial charge in [-0.25, -0.2) is 0 Å². The van der Waals surface area contributed by atoms with Gasteiger partial charge in [-0.15, -0.1) is 0 Å². The Balaban J connectivity index is 2.01. The summed E-state index contributed by atoms with van der Waals surface area (Å²) >= 11 is 8.12. The molecule has 1 N–H and O–H groups in total. The van der Waals surface area contributed by atoms with E-state index in [-0.39, 0.29) is 5.91 Å². The van der Waals surface area contributed by atoms with E-state index in [0.717, 1.165) is 9.13 Å². The van der Waals surface area contributed by atoms with E-state index in [1.807, 2.05) is 36.1 Å². The molecule has 0 aliphatic carbocycles. The molecule has 1 heterocycles. The second-order valence-electron chi connectivity index (χ2n) is 4.00. The first-order chi connectivity index (χ1) is 8.56. The lowest BCUT2D eigenvalue weighted by atomic mass is 10.2. The van der Waals surface area contributed by atoms with Gasteiger partial charge in [0.15, 0.2) is 0 Å². The molecule has 2 rings (SSSR count). The average molecular weight is 375 g/mol. The number of halogens is 2. The molecule has 0 saturated heterocycles. The molecule has 0 aliphatic rings. The molecule has 1 aromatic carbocycles. The quantitative estimate of drug-likeness (QED) is 0.823. The third-order valence-corrected chi connectivity index (χ3v) is 4.10. The number of aryl methyl sites for hydroxylation is 1. The first kappa shape index (κ1) is 13.4. The Morgan fingerprint density at radius 1 is 1.44 bits per heavy atom. The van der Waals surface area contributed by atoms with Crippen LogP contribution >= 0.6 is 34.2 Å². The van der Waals surface area contributed by atoms with Gasteiger partial charge >= 0.3 is 0 Å². The van der Waals surface area contributed by atoms with Crippen molar-refractivity contribution in [2.24, 2.45) is 7.05 Å². The molecule has 18 heavy (non-hydrogen) atoms. The van der Waals surface area contributed by atoms with Crippen molar-refractivity contribution in [3.63, 3.8) is 0 Å². The first-order valence-corrected chi connectivity index (χ1v) is 6.86. The predicted molar refractivity (Wildman–Crippen MR) is 80.8 cm³/mol. The number of rotatable bonds is 3. The van der Waals surface area contributed by atoms with Crippen LogP contribution in [0.2, 0.25) is 5.02 Å². The lowest BCUT2D eigenvalue weighted by Gasteiger charge is -2.05. The Bertz CT molecular complexity index is 580. The molecule has 5 heteroatoms. The summed E-state index contributed by atoms with van der Waals surface area (Å²) in [6, 6.07) is 7.26. The Labute approximate surface area is 124 Å². The van der Waals surface area contributed by atoms with Crippen LogP contribution in [0, 0.1) is 3.57 Å². The summed E-state index contributed by atoms with van der Waals surface area (Å²) in [5.41, 5.74) is 1.65. The topological polar surface area (TPSA) is 34.0 Å². The molecule has 0 spiro atoms. The van der Waals surface area contributed by atoms with Gasteiger partial charge in [-0.3, -0.25) is 4.79 Å².